The molecule has 0 bridgehead atoms. The minimum absolute atomic E-state index is 0. The first-order valence-corrected chi connectivity index (χ1v) is 2.99. The van der Waals surface area contributed by atoms with Crippen molar-refractivity contribution in [3.63, 3.8) is 0 Å². The van der Waals surface area contributed by atoms with Gasteiger partial charge in [0.25, 0.3) is 0 Å². The van der Waals surface area contributed by atoms with E-state index in [9.17, 15) is 9.59 Å². The third kappa shape index (κ3) is 58.6. The summed E-state index contributed by atoms with van der Waals surface area (Å²) in [5, 5.41) is 0. The van der Waals surface area contributed by atoms with Gasteiger partial charge in [-0.15, -0.1) is 26.3 Å². The Balaban J connectivity index is -0.0000000560. The van der Waals surface area contributed by atoms with Crippen molar-refractivity contribution in [2.45, 2.75) is 13.8 Å². The number of hydrogen-bond acceptors (Lipinski definition) is 2. The zero-order valence-electron chi connectivity index (χ0n) is 7.56. The summed E-state index contributed by atoms with van der Waals surface area (Å²) in [5.74, 6) is -0.375. The van der Waals surface area contributed by atoms with E-state index in [1.54, 1.807) is 0 Å². The molecule has 0 aliphatic rings. The Hall–Kier alpha value is -0.687. The molecular weight excluding hydrogens is 243 g/mol. The first-order chi connectivity index (χ1) is 5.13. The van der Waals surface area contributed by atoms with E-state index in [4.69, 9.17) is 0 Å². The molecule has 0 aromatic rings. The Kier molecular flexibility index (Phi) is 42.1. The van der Waals surface area contributed by atoms with E-state index >= 15 is 0 Å². The van der Waals surface area contributed by atoms with Crippen molar-refractivity contribution in [2.75, 3.05) is 0 Å². The predicted octanol–water partition coefficient (Wildman–Crippen LogP) is 1.97. The van der Waals surface area contributed by atoms with Crippen molar-refractivity contribution in [3.05, 3.63) is 32.7 Å². The molecule has 3 heteroatoms. The van der Waals surface area contributed by atoms with Gasteiger partial charge in [0, 0.05) is 31.0 Å². The van der Waals surface area contributed by atoms with E-state index in [-0.39, 0.29) is 31.0 Å². The second kappa shape index (κ2) is 22.4. The van der Waals surface area contributed by atoms with Crippen molar-refractivity contribution in [2.24, 2.45) is 0 Å². The van der Waals surface area contributed by atoms with Crippen molar-refractivity contribution < 1.29 is 29.1 Å². The standard InChI is InChI=1S/C5H7O2.2C2H4.Rh/c1-4(6)3-5(2)7;2*1-2;/h3H,1-2H3;2*1-2H2;/q-1;;;. The van der Waals surface area contributed by atoms with E-state index in [1.165, 1.54) is 13.8 Å². The van der Waals surface area contributed by atoms with E-state index < -0.39 is 0 Å². The number of carbonyl (C=O) groups is 2. The number of Topliss-reactive ketones (excluding diaryl/α,β-unsaturated/α-hetero) is 2. The third-order valence-corrected chi connectivity index (χ3v) is 0.407. The molecule has 0 aromatic carbocycles. The number of carbonyl (C=O) groups excluding carboxylic acids is 2. The average Bonchev–Trinajstić information content (AvgIpc) is 1.93. The molecule has 0 saturated heterocycles. The number of ketones is 2. The van der Waals surface area contributed by atoms with Crippen LogP contribution in [0.15, 0.2) is 26.3 Å². The Morgan fingerprint density at radius 2 is 1.08 bits per heavy atom. The van der Waals surface area contributed by atoms with Gasteiger partial charge >= 0.3 is 0 Å². The van der Waals surface area contributed by atoms with Crippen molar-refractivity contribution in [1.82, 2.24) is 0 Å². The molecule has 0 aliphatic heterocycles. The van der Waals surface area contributed by atoms with Crippen molar-refractivity contribution in [3.8, 4) is 0 Å². The second-order valence-electron chi connectivity index (χ2n) is 1.37. The van der Waals surface area contributed by atoms with Gasteiger partial charge in [0.15, 0.2) is 0 Å². The molecule has 0 amide bonds. The molecule has 0 N–H and O–H groups in total. The Bertz CT molecular complexity index is 108. The van der Waals surface area contributed by atoms with Gasteiger partial charge in [0.1, 0.15) is 0 Å². The Morgan fingerprint density at radius 1 is 0.917 bits per heavy atom. The van der Waals surface area contributed by atoms with Crippen LogP contribution in [0.3, 0.4) is 0 Å². The molecule has 12 heavy (non-hydrogen) atoms. The molecule has 0 aromatic heterocycles. The average molecular weight is 258 g/mol. The summed E-state index contributed by atoms with van der Waals surface area (Å²) in [6, 6.07) is 0. The fourth-order valence-electron chi connectivity index (χ4n) is 0.286. The van der Waals surface area contributed by atoms with Gasteiger partial charge in [0.05, 0.1) is 0 Å². The summed E-state index contributed by atoms with van der Waals surface area (Å²) in [5.41, 5.74) is 0. The van der Waals surface area contributed by atoms with Crippen LogP contribution in [0.25, 0.3) is 0 Å². The van der Waals surface area contributed by atoms with Crippen LogP contribution in [0.2, 0.25) is 0 Å². The largest absolute Gasteiger partial charge is 0.334 e. The zero-order valence-corrected chi connectivity index (χ0v) is 9.19. The first kappa shape index (κ1) is 22.5. The van der Waals surface area contributed by atoms with E-state index in [0.717, 1.165) is 6.42 Å². The molecule has 0 saturated carbocycles. The maximum Gasteiger partial charge on any atom is 0.00219 e. The van der Waals surface area contributed by atoms with E-state index in [0.29, 0.717) is 0 Å². The van der Waals surface area contributed by atoms with Crippen LogP contribution < -0.4 is 0 Å². The third-order valence-electron chi connectivity index (χ3n) is 0.407. The fraction of sp³-hybridized carbons (Fsp3) is 0.222. The van der Waals surface area contributed by atoms with Gasteiger partial charge < -0.3 is 9.59 Å². The molecule has 0 spiro atoms. The SMILES string of the molecule is C=C.C=C.CC(=O)[CH-]C(C)=O.[Rh]. The molecule has 0 rings (SSSR count). The minimum Gasteiger partial charge on any atom is -0.334 e. The van der Waals surface area contributed by atoms with Gasteiger partial charge in [-0.2, -0.15) is 0 Å². The molecule has 0 atom stereocenters. The normalized spacial score (nSPS) is 5.17. The zero-order chi connectivity index (χ0) is 9.86. The van der Waals surface area contributed by atoms with Crippen LogP contribution >= 0.6 is 0 Å². The molecule has 0 heterocycles. The Morgan fingerprint density at radius 3 is 1.08 bits per heavy atom. The molecule has 0 unspecified atom stereocenters. The van der Waals surface area contributed by atoms with Crippen LogP contribution in [0.1, 0.15) is 13.8 Å². The summed E-state index contributed by atoms with van der Waals surface area (Å²) in [6.07, 6.45) is 1.06. The van der Waals surface area contributed by atoms with Gasteiger partial charge in [0.2, 0.25) is 0 Å². The predicted molar refractivity (Wildman–Crippen MR) is 48.2 cm³/mol. The minimum atomic E-state index is -0.187. The van der Waals surface area contributed by atoms with Gasteiger partial charge in [-0.3, -0.25) is 6.42 Å². The molecule has 1 radical (unpaired) electrons. The number of rotatable bonds is 2. The smallest absolute Gasteiger partial charge is 0.00219 e. The quantitative estimate of drug-likeness (QED) is 0.328. The molecule has 2 nitrogen and oxygen atoms in total. The van der Waals surface area contributed by atoms with Crippen LogP contribution in [-0.4, -0.2) is 11.6 Å². The molecule has 0 fully saturated rings. The summed E-state index contributed by atoms with van der Waals surface area (Å²) in [6.45, 7) is 14.7. The summed E-state index contributed by atoms with van der Waals surface area (Å²) >= 11 is 0. The van der Waals surface area contributed by atoms with Crippen molar-refractivity contribution >= 4 is 11.6 Å². The Labute approximate surface area is 87.5 Å². The van der Waals surface area contributed by atoms with E-state index in [2.05, 4.69) is 26.3 Å². The van der Waals surface area contributed by atoms with Crippen LogP contribution in [0.4, 0.5) is 0 Å². The summed E-state index contributed by atoms with van der Waals surface area (Å²) in [4.78, 5) is 20.0. The topological polar surface area (TPSA) is 34.1 Å². The van der Waals surface area contributed by atoms with Gasteiger partial charge in [-0.1, -0.05) is 0 Å². The second-order valence-corrected chi connectivity index (χ2v) is 1.37. The fourth-order valence-corrected chi connectivity index (χ4v) is 0.286. The molecule has 0 aliphatic carbocycles. The summed E-state index contributed by atoms with van der Waals surface area (Å²) < 4.78 is 0. The van der Waals surface area contributed by atoms with Crippen LogP contribution in [0, 0.1) is 6.42 Å². The van der Waals surface area contributed by atoms with Gasteiger partial charge in [-0.25, -0.2) is 0 Å². The molecular formula is C9H15O2Rh-. The maximum absolute atomic E-state index is 9.98. The first-order valence-electron chi connectivity index (χ1n) is 2.99. The van der Waals surface area contributed by atoms with Crippen LogP contribution in [-0.2, 0) is 29.1 Å². The summed E-state index contributed by atoms with van der Waals surface area (Å²) in [7, 11) is 0. The van der Waals surface area contributed by atoms with E-state index in [1.807, 2.05) is 0 Å². The van der Waals surface area contributed by atoms with Crippen LogP contribution in [0.5, 0.6) is 0 Å². The molecule has 73 valence electrons. The monoisotopic (exact) mass is 258 g/mol. The van der Waals surface area contributed by atoms with Gasteiger partial charge in [-0.05, 0) is 13.8 Å². The van der Waals surface area contributed by atoms with Crippen molar-refractivity contribution in [1.29, 1.82) is 0 Å². The maximum atomic E-state index is 9.98. The number of hydrogen-bond donors (Lipinski definition) is 0.